The highest BCUT2D eigenvalue weighted by Gasteiger charge is 2.13. The Balaban J connectivity index is 2.74. The van der Waals surface area contributed by atoms with Crippen LogP contribution in [0.3, 0.4) is 0 Å². The average molecular weight is 189 g/mol. The van der Waals surface area contributed by atoms with Crippen molar-refractivity contribution in [1.82, 2.24) is 15.1 Å². The first-order valence-electron chi connectivity index (χ1n) is 4.38. The lowest BCUT2D eigenvalue weighted by Gasteiger charge is -1.99. The third-order valence-corrected chi connectivity index (χ3v) is 2.18. The molecule has 4 nitrogen and oxygen atoms in total. The van der Waals surface area contributed by atoms with Crippen molar-refractivity contribution in [2.75, 3.05) is 7.05 Å². The van der Waals surface area contributed by atoms with E-state index in [1.165, 1.54) is 0 Å². The molecule has 72 valence electrons. The van der Waals surface area contributed by atoms with Crippen molar-refractivity contribution in [3.8, 4) is 0 Å². The molecular formula is C10H11N3O. The summed E-state index contributed by atoms with van der Waals surface area (Å²) in [6, 6.07) is 7.59. The van der Waals surface area contributed by atoms with Crippen LogP contribution in [-0.4, -0.2) is 22.7 Å². The number of nitrogens with one attached hydrogen (secondary N) is 1. The van der Waals surface area contributed by atoms with E-state index < -0.39 is 0 Å². The van der Waals surface area contributed by atoms with Gasteiger partial charge in [0.15, 0.2) is 0 Å². The lowest BCUT2D eigenvalue weighted by Crippen LogP contribution is -2.21. The summed E-state index contributed by atoms with van der Waals surface area (Å²) in [5.41, 5.74) is 1.44. The largest absolute Gasteiger partial charge is 0.354 e. The maximum absolute atomic E-state index is 11.5. The van der Waals surface area contributed by atoms with Crippen LogP contribution >= 0.6 is 0 Å². The van der Waals surface area contributed by atoms with Gasteiger partial charge in [0.2, 0.25) is 0 Å². The number of aromatic nitrogens is 2. The van der Waals surface area contributed by atoms with E-state index in [9.17, 15) is 4.79 Å². The van der Waals surface area contributed by atoms with Crippen molar-refractivity contribution in [2.24, 2.45) is 7.05 Å². The maximum Gasteiger partial charge on any atom is 0.269 e. The predicted octanol–water partition coefficient (Wildman–Crippen LogP) is 0.933. The van der Waals surface area contributed by atoms with E-state index in [0.29, 0.717) is 5.69 Å². The van der Waals surface area contributed by atoms with Gasteiger partial charge in [-0.05, 0) is 6.07 Å². The van der Waals surface area contributed by atoms with Crippen molar-refractivity contribution < 1.29 is 4.79 Å². The molecule has 1 heterocycles. The summed E-state index contributed by atoms with van der Waals surface area (Å²) in [5, 5.41) is 7.72. The fourth-order valence-electron chi connectivity index (χ4n) is 1.53. The Morgan fingerprint density at radius 1 is 1.43 bits per heavy atom. The molecule has 0 fully saturated rings. The van der Waals surface area contributed by atoms with Gasteiger partial charge in [0.25, 0.3) is 5.91 Å². The molecule has 1 N–H and O–H groups in total. The zero-order valence-corrected chi connectivity index (χ0v) is 8.11. The second-order valence-corrected chi connectivity index (χ2v) is 3.07. The number of benzene rings is 1. The quantitative estimate of drug-likeness (QED) is 0.725. The van der Waals surface area contributed by atoms with Gasteiger partial charge in [-0.3, -0.25) is 9.48 Å². The highest BCUT2D eigenvalue weighted by molar-refractivity contribution is 6.04. The summed E-state index contributed by atoms with van der Waals surface area (Å²) in [5.74, 6) is -0.110. The Morgan fingerprint density at radius 3 is 2.86 bits per heavy atom. The first kappa shape index (κ1) is 8.74. The number of carbonyl (C=O) groups is 1. The second kappa shape index (κ2) is 3.14. The maximum atomic E-state index is 11.5. The molecule has 0 aliphatic heterocycles. The fraction of sp³-hybridized carbons (Fsp3) is 0.200. The number of rotatable bonds is 1. The van der Waals surface area contributed by atoms with E-state index >= 15 is 0 Å². The van der Waals surface area contributed by atoms with Gasteiger partial charge in [-0.15, -0.1) is 0 Å². The summed E-state index contributed by atoms with van der Waals surface area (Å²) in [7, 11) is 3.38. The molecule has 0 spiro atoms. The van der Waals surface area contributed by atoms with E-state index in [-0.39, 0.29) is 5.91 Å². The van der Waals surface area contributed by atoms with Gasteiger partial charge in [-0.1, -0.05) is 18.2 Å². The number of carbonyl (C=O) groups excluding carboxylic acids is 1. The fourth-order valence-corrected chi connectivity index (χ4v) is 1.53. The smallest absolute Gasteiger partial charge is 0.269 e. The summed E-state index contributed by atoms with van der Waals surface area (Å²) in [4.78, 5) is 11.5. The molecule has 2 rings (SSSR count). The molecule has 0 aliphatic rings. The molecule has 1 amide bonds. The molecule has 14 heavy (non-hydrogen) atoms. The molecule has 0 aliphatic carbocycles. The van der Waals surface area contributed by atoms with Crippen molar-refractivity contribution >= 4 is 16.8 Å². The number of aryl methyl sites for hydroxylation is 1. The van der Waals surface area contributed by atoms with E-state index in [1.807, 2.05) is 24.3 Å². The van der Waals surface area contributed by atoms with Crippen molar-refractivity contribution in [1.29, 1.82) is 0 Å². The lowest BCUT2D eigenvalue weighted by molar-refractivity contribution is 0.0955. The van der Waals surface area contributed by atoms with Crippen LogP contribution in [0, 0.1) is 0 Å². The molecule has 0 bridgehead atoms. The number of hydrogen-bond donors (Lipinski definition) is 1. The number of nitrogens with zero attached hydrogens (tertiary/aromatic N) is 2. The minimum atomic E-state index is -0.110. The van der Waals surface area contributed by atoms with E-state index in [2.05, 4.69) is 10.4 Å². The van der Waals surface area contributed by atoms with E-state index in [1.54, 1.807) is 18.8 Å². The summed E-state index contributed by atoms with van der Waals surface area (Å²) in [6.07, 6.45) is 0. The molecule has 0 unspecified atom stereocenters. The zero-order chi connectivity index (χ0) is 10.1. The third-order valence-electron chi connectivity index (χ3n) is 2.18. The van der Waals surface area contributed by atoms with Crippen LogP contribution in [0.1, 0.15) is 10.5 Å². The van der Waals surface area contributed by atoms with Crippen LogP contribution in [0.25, 0.3) is 10.9 Å². The van der Waals surface area contributed by atoms with Gasteiger partial charge in [0, 0.05) is 19.5 Å². The molecule has 0 saturated heterocycles. The van der Waals surface area contributed by atoms with Crippen LogP contribution in [0.4, 0.5) is 0 Å². The highest BCUT2D eigenvalue weighted by Crippen LogP contribution is 2.16. The monoisotopic (exact) mass is 189 g/mol. The Kier molecular flexibility index (Phi) is 1.96. The summed E-state index contributed by atoms with van der Waals surface area (Å²) >= 11 is 0. The van der Waals surface area contributed by atoms with Crippen LogP contribution in [0.15, 0.2) is 24.3 Å². The number of amides is 1. The van der Waals surface area contributed by atoms with Gasteiger partial charge >= 0.3 is 0 Å². The predicted molar refractivity (Wildman–Crippen MR) is 54.1 cm³/mol. The minimum Gasteiger partial charge on any atom is -0.354 e. The Labute approximate surface area is 81.5 Å². The van der Waals surface area contributed by atoms with Gasteiger partial charge in [0.1, 0.15) is 5.69 Å². The lowest BCUT2D eigenvalue weighted by atomic mass is 10.2. The molecule has 0 saturated carbocycles. The van der Waals surface area contributed by atoms with Crippen molar-refractivity contribution in [3.63, 3.8) is 0 Å². The number of hydrogen-bond acceptors (Lipinski definition) is 2. The molecule has 0 atom stereocenters. The van der Waals surface area contributed by atoms with Crippen molar-refractivity contribution in [3.05, 3.63) is 30.0 Å². The Hall–Kier alpha value is -1.84. The molecule has 4 heteroatoms. The third kappa shape index (κ3) is 1.16. The van der Waals surface area contributed by atoms with Crippen LogP contribution in [0.2, 0.25) is 0 Å². The Morgan fingerprint density at radius 2 is 2.14 bits per heavy atom. The molecule has 1 aromatic heterocycles. The molecule has 0 radical (unpaired) electrons. The first-order valence-corrected chi connectivity index (χ1v) is 4.38. The SMILES string of the molecule is CNC(=O)c1c2ccccc2nn1C. The average Bonchev–Trinajstić information content (AvgIpc) is 2.53. The standard InChI is InChI=1S/C10H11N3O/c1-11-10(14)9-7-5-3-4-6-8(7)12-13(9)2/h3-6H,1-2H3,(H,11,14). The van der Waals surface area contributed by atoms with Gasteiger partial charge in [0.05, 0.1) is 5.52 Å². The molecular weight excluding hydrogens is 178 g/mol. The van der Waals surface area contributed by atoms with Crippen LogP contribution in [0.5, 0.6) is 0 Å². The van der Waals surface area contributed by atoms with Gasteiger partial charge in [-0.2, -0.15) is 5.10 Å². The van der Waals surface area contributed by atoms with E-state index in [4.69, 9.17) is 0 Å². The minimum absolute atomic E-state index is 0.110. The molecule has 2 aromatic rings. The summed E-state index contributed by atoms with van der Waals surface area (Å²) in [6.45, 7) is 0. The van der Waals surface area contributed by atoms with E-state index in [0.717, 1.165) is 10.9 Å². The topological polar surface area (TPSA) is 46.9 Å². The highest BCUT2D eigenvalue weighted by atomic mass is 16.1. The normalized spacial score (nSPS) is 10.4. The first-order chi connectivity index (χ1) is 6.74. The second-order valence-electron chi connectivity index (χ2n) is 3.07. The van der Waals surface area contributed by atoms with Gasteiger partial charge < -0.3 is 5.32 Å². The molecule has 1 aromatic carbocycles. The van der Waals surface area contributed by atoms with Crippen LogP contribution in [-0.2, 0) is 7.05 Å². The number of fused-ring (bicyclic) bond motifs is 1. The van der Waals surface area contributed by atoms with Crippen molar-refractivity contribution in [2.45, 2.75) is 0 Å². The zero-order valence-electron chi connectivity index (χ0n) is 8.11. The Bertz CT molecular complexity index is 487. The van der Waals surface area contributed by atoms with Crippen LogP contribution < -0.4 is 5.32 Å². The summed E-state index contributed by atoms with van der Waals surface area (Å²) < 4.78 is 1.60. The van der Waals surface area contributed by atoms with Gasteiger partial charge in [-0.25, -0.2) is 0 Å².